The number of para-hydroxylation sites is 1. The Balaban J connectivity index is 1.57. The molecule has 12 heteroatoms. The lowest BCUT2D eigenvalue weighted by Crippen LogP contribution is -2.49. The standard InChI is InChI=1S/C22H23ClN6O4S/c1-14-20(28(25-24-14)21-18(32-2)5-4-6-19(21)33-3)22(34)27-11-9-26(10-12-27)17-8-7-15(29(30)31)13-16(17)23/h4-8,13H,9-12H2,1-3H3. The normalized spacial score (nSPS) is 13.6. The van der Waals surface area contributed by atoms with Crippen LogP contribution in [0.4, 0.5) is 11.4 Å². The number of nitrogens with zero attached hydrogens (tertiary/aromatic N) is 6. The smallest absolute Gasteiger partial charge is 0.271 e. The first-order valence-electron chi connectivity index (χ1n) is 10.5. The number of ether oxygens (including phenoxy) is 2. The third-order valence-electron chi connectivity index (χ3n) is 5.70. The lowest BCUT2D eigenvalue weighted by atomic mass is 10.2. The minimum absolute atomic E-state index is 0.0310. The Morgan fingerprint density at radius 2 is 1.76 bits per heavy atom. The van der Waals surface area contributed by atoms with Gasteiger partial charge in [0, 0.05) is 38.3 Å². The number of non-ortho nitro benzene ring substituents is 1. The molecule has 2 aromatic carbocycles. The molecule has 2 heterocycles. The molecule has 178 valence electrons. The predicted molar refractivity (Wildman–Crippen MR) is 133 cm³/mol. The van der Waals surface area contributed by atoms with E-state index in [0.717, 1.165) is 5.69 Å². The molecule has 0 unspecified atom stereocenters. The van der Waals surface area contributed by atoms with Crippen molar-refractivity contribution < 1.29 is 14.4 Å². The number of benzene rings is 2. The fraction of sp³-hybridized carbons (Fsp3) is 0.318. The Hall–Kier alpha value is -3.44. The monoisotopic (exact) mass is 502 g/mol. The van der Waals surface area contributed by atoms with Crippen LogP contribution in [0, 0.1) is 17.0 Å². The van der Waals surface area contributed by atoms with E-state index in [1.807, 2.05) is 25.1 Å². The number of hydrogen-bond acceptors (Lipinski definition) is 8. The van der Waals surface area contributed by atoms with E-state index in [-0.39, 0.29) is 5.69 Å². The molecule has 0 spiro atoms. The summed E-state index contributed by atoms with van der Waals surface area (Å²) in [5.41, 5.74) is 2.75. The van der Waals surface area contributed by atoms with Gasteiger partial charge in [0.25, 0.3) is 5.69 Å². The van der Waals surface area contributed by atoms with Crippen molar-refractivity contribution in [3.63, 3.8) is 0 Å². The van der Waals surface area contributed by atoms with Gasteiger partial charge >= 0.3 is 0 Å². The number of nitro groups is 1. The lowest BCUT2D eigenvalue weighted by Gasteiger charge is -2.37. The van der Waals surface area contributed by atoms with Crippen LogP contribution in [0.2, 0.25) is 5.02 Å². The molecule has 1 saturated heterocycles. The maximum Gasteiger partial charge on any atom is 0.271 e. The van der Waals surface area contributed by atoms with Crippen LogP contribution in [0.15, 0.2) is 36.4 Å². The highest BCUT2D eigenvalue weighted by atomic mass is 35.5. The second-order valence-corrected chi connectivity index (χ2v) is 8.41. The second-order valence-electron chi connectivity index (χ2n) is 7.62. The third kappa shape index (κ3) is 4.36. The van der Waals surface area contributed by atoms with Gasteiger partial charge in [-0.1, -0.05) is 35.1 Å². The van der Waals surface area contributed by atoms with Crippen LogP contribution >= 0.6 is 23.8 Å². The van der Waals surface area contributed by atoms with E-state index in [9.17, 15) is 10.1 Å². The number of anilines is 1. The van der Waals surface area contributed by atoms with E-state index >= 15 is 0 Å². The summed E-state index contributed by atoms with van der Waals surface area (Å²) in [7, 11) is 3.17. The Labute approximate surface area is 206 Å². The van der Waals surface area contributed by atoms with Crippen molar-refractivity contribution in [3.8, 4) is 17.2 Å². The minimum atomic E-state index is -0.456. The summed E-state index contributed by atoms with van der Waals surface area (Å²) in [6.07, 6.45) is 0. The van der Waals surface area contributed by atoms with Gasteiger partial charge in [0.15, 0.2) is 5.69 Å². The zero-order chi connectivity index (χ0) is 24.4. The van der Waals surface area contributed by atoms with Crippen LogP contribution in [0.1, 0.15) is 11.4 Å². The van der Waals surface area contributed by atoms with Crippen molar-refractivity contribution in [2.75, 3.05) is 45.3 Å². The Morgan fingerprint density at radius 1 is 1.12 bits per heavy atom. The van der Waals surface area contributed by atoms with Crippen molar-refractivity contribution in [2.24, 2.45) is 0 Å². The maximum absolute atomic E-state index is 11.0. The first kappa shape index (κ1) is 23.7. The van der Waals surface area contributed by atoms with Crippen molar-refractivity contribution in [1.82, 2.24) is 19.9 Å². The fourth-order valence-corrected chi connectivity index (χ4v) is 4.68. The van der Waals surface area contributed by atoms with Crippen LogP contribution in [0.25, 0.3) is 5.69 Å². The summed E-state index contributed by atoms with van der Waals surface area (Å²) < 4.78 is 12.7. The molecule has 0 radical (unpaired) electrons. The average molecular weight is 503 g/mol. The van der Waals surface area contributed by atoms with Crippen LogP contribution in [-0.2, 0) is 0 Å². The topological polar surface area (TPSA) is 98.8 Å². The van der Waals surface area contributed by atoms with E-state index in [0.29, 0.717) is 64.8 Å². The molecule has 0 atom stereocenters. The van der Waals surface area contributed by atoms with Crippen LogP contribution < -0.4 is 14.4 Å². The van der Waals surface area contributed by atoms with Crippen LogP contribution in [-0.4, -0.2) is 70.2 Å². The van der Waals surface area contributed by atoms with Crippen molar-refractivity contribution in [3.05, 3.63) is 62.9 Å². The highest BCUT2D eigenvalue weighted by Gasteiger charge is 2.27. The lowest BCUT2D eigenvalue weighted by molar-refractivity contribution is -0.384. The van der Waals surface area contributed by atoms with Gasteiger partial charge in [-0.3, -0.25) is 10.1 Å². The molecule has 0 N–H and O–H groups in total. The zero-order valence-corrected chi connectivity index (χ0v) is 20.5. The maximum atomic E-state index is 11.0. The molecule has 1 aliphatic rings. The molecule has 0 aliphatic carbocycles. The molecule has 1 fully saturated rings. The van der Waals surface area contributed by atoms with Gasteiger partial charge in [-0.25, -0.2) is 4.68 Å². The van der Waals surface area contributed by atoms with Gasteiger partial charge in [0.05, 0.1) is 35.5 Å². The highest BCUT2D eigenvalue weighted by molar-refractivity contribution is 7.80. The van der Waals surface area contributed by atoms with Crippen molar-refractivity contribution >= 4 is 40.2 Å². The second kappa shape index (κ2) is 9.82. The molecule has 1 aliphatic heterocycles. The largest absolute Gasteiger partial charge is 0.494 e. The molecule has 0 saturated carbocycles. The van der Waals surface area contributed by atoms with Gasteiger partial charge in [-0.15, -0.1) is 5.10 Å². The Kier molecular flexibility index (Phi) is 6.85. The van der Waals surface area contributed by atoms with E-state index in [2.05, 4.69) is 20.1 Å². The summed E-state index contributed by atoms with van der Waals surface area (Å²) in [5, 5.41) is 19.9. The van der Waals surface area contributed by atoms with Crippen LogP contribution in [0.3, 0.4) is 0 Å². The number of piperazine rings is 1. The van der Waals surface area contributed by atoms with Gasteiger partial charge < -0.3 is 19.3 Å². The SMILES string of the molecule is COc1cccc(OC)c1-n1nnc(C)c1C(=S)N1CCN(c2ccc([N+](=O)[O-])cc2Cl)CC1. The molecular weight excluding hydrogens is 480 g/mol. The number of nitro benzene ring substituents is 1. The predicted octanol–water partition coefficient (Wildman–Crippen LogP) is 3.65. The van der Waals surface area contributed by atoms with Gasteiger partial charge in [0.1, 0.15) is 22.2 Å². The van der Waals surface area contributed by atoms with Crippen molar-refractivity contribution in [1.29, 1.82) is 0 Å². The number of rotatable bonds is 6. The zero-order valence-electron chi connectivity index (χ0n) is 18.9. The number of thiocarbonyl (C=S) groups is 1. The van der Waals surface area contributed by atoms with Crippen LogP contribution in [0.5, 0.6) is 11.5 Å². The minimum Gasteiger partial charge on any atom is -0.494 e. The third-order valence-corrected chi connectivity index (χ3v) is 6.46. The van der Waals surface area contributed by atoms with E-state index in [1.54, 1.807) is 25.0 Å². The fourth-order valence-electron chi connectivity index (χ4n) is 3.97. The summed E-state index contributed by atoms with van der Waals surface area (Å²) in [6, 6.07) is 10.0. The molecule has 34 heavy (non-hydrogen) atoms. The number of hydrogen-bond donors (Lipinski definition) is 0. The molecule has 10 nitrogen and oxygen atoms in total. The first-order chi connectivity index (χ1) is 16.3. The number of halogens is 1. The van der Waals surface area contributed by atoms with E-state index in [4.69, 9.17) is 33.3 Å². The van der Waals surface area contributed by atoms with Gasteiger partial charge in [-0.2, -0.15) is 0 Å². The Morgan fingerprint density at radius 3 is 2.32 bits per heavy atom. The molecule has 4 rings (SSSR count). The molecule has 1 aromatic heterocycles. The van der Waals surface area contributed by atoms with Gasteiger partial charge in [-0.05, 0) is 25.1 Å². The molecule has 0 bridgehead atoms. The summed E-state index contributed by atoms with van der Waals surface area (Å²) in [6.45, 7) is 4.44. The number of methoxy groups -OCH3 is 2. The van der Waals surface area contributed by atoms with Gasteiger partial charge in [0.2, 0.25) is 0 Å². The molecule has 3 aromatic rings. The quantitative estimate of drug-likeness (QED) is 0.284. The summed E-state index contributed by atoms with van der Waals surface area (Å²) >= 11 is 12.2. The number of aromatic nitrogens is 3. The molecule has 0 amide bonds. The summed E-state index contributed by atoms with van der Waals surface area (Å²) in [4.78, 5) is 15.3. The highest BCUT2D eigenvalue weighted by Crippen LogP contribution is 2.34. The molecular formula is C22H23ClN6O4S. The summed E-state index contributed by atoms with van der Waals surface area (Å²) in [5.74, 6) is 1.18. The average Bonchev–Trinajstić information content (AvgIpc) is 3.23. The van der Waals surface area contributed by atoms with E-state index < -0.39 is 4.92 Å². The first-order valence-corrected chi connectivity index (χ1v) is 11.3. The number of aryl methyl sites for hydroxylation is 1. The van der Waals surface area contributed by atoms with Crippen molar-refractivity contribution in [2.45, 2.75) is 6.92 Å². The van der Waals surface area contributed by atoms with E-state index in [1.165, 1.54) is 12.1 Å². The Bertz CT molecular complexity index is 1220.